The first kappa shape index (κ1) is 32.1. The van der Waals surface area contributed by atoms with Crippen molar-refractivity contribution in [3.63, 3.8) is 0 Å². The third kappa shape index (κ3) is 16.4. The van der Waals surface area contributed by atoms with Crippen molar-refractivity contribution in [1.29, 1.82) is 0 Å². The molecule has 7 nitrogen and oxygen atoms in total. The van der Waals surface area contributed by atoms with Crippen molar-refractivity contribution in [3.8, 4) is 0 Å². The number of carbonyl (C=O) groups is 1. The van der Waals surface area contributed by atoms with Crippen LogP contribution in [0, 0.1) is 0 Å². The van der Waals surface area contributed by atoms with Gasteiger partial charge in [-0.2, -0.15) is 0 Å². The van der Waals surface area contributed by atoms with E-state index < -0.39 is 0 Å². The van der Waals surface area contributed by atoms with Crippen molar-refractivity contribution in [1.82, 2.24) is 15.1 Å². The number of amides is 1. The number of allylic oxidation sites excluding steroid dienone is 7. The second kappa shape index (κ2) is 18.3. The quantitative estimate of drug-likeness (QED) is 0.0802. The van der Waals surface area contributed by atoms with Gasteiger partial charge in [-0.25, -0.2) is 0 Å². The molecule has 208 valence electrons. The SMILES string of the molecule is CC(C)=CCCC(C)=CCCC(C)=CCCC(C)=CC(=O)NCCC1=CN(CCCN=C(N)N)CN1C. The number of aliphatic imine (C=N–C) groups is 1. The number of carbonyl (C=O) groups excluding carboxylic acids is 1. The van der Waals surface area contributed by atoms with E-state index in [1.807, 2.05) is 6.92 Å². The summed E-state index contributed by atoms with van der Waals surface area (Å²) in [4.78, 5) is 20.8. The summed E-state index contributed by atoms with van der Waals surface area (Å²) in [6, 6.07) is 0. The lowest BCUT2D eigenvalue weighted by Gasteiger charge is -2.19. The number of rotatable bonds is 17. The molecule has 37 heavy (non-hydrogen) atoms. The molecule has 0 unspecified atom stereocenters. The molecule has 0 aliphatic carbocycles. The third-order valence-electron chi connectivity index (χ3n) is 6.33. The van der Waals surface area contributed by atoms with Crippen LogP contribution in [0.4, 0.5) is 0 Å². The first-order valence-corrected chi connectivity index (χ1v) is 13.7. The van der Waals surface area contributed by atoms with E-state index in [1.54, 1.807) is 6.08 Å². The predicted molar refractivity (Wildman–Crippen MR) is 159 cm³/mol. The van der Waals surface area contributed by atoms with E-state index in [-0.39, 0.29) is 11.9 Å². The molecule has 0 aromatic carbocycles. The molecule has 7 heteroatoms. The molecule has 1 aliphatic heterocycles. The Morgan fingerprint density at radius 3 is 2.16 bits per heavy atom. The first-order valence-electron chi connectivity index (χ1n) is 13.7. The Bertz CT molecular complexity index is 886. The Morgan fingerprint density at radius 2 is 1.57 bits per heavy atom. The number of hydrogen-bond donors (Lipinski definition) is 3. The zero-order valence-electron chi connectivity index (χ0n) is 24.3. The third-order valence-corrected chi connectivity index (χ3v) is 6.33. The minimum Gasteiger partial charge on any atom is -0.370 e. The van der Waals surface area contributed by atoms with E-state index in [9.17, 15) is 4.79 Å². The lowest BCUT2D eigenvalue weighted by atomic mass is 10.0. The summed E-state index contributed by atoms with van der Waals surface area (Å²) in [6.07, 6.45) is 19.0. The topological polar surface area (TPSA) is 100.0 Å². The molecule has 0 aromatic rings. The Morgan fingerprint density at radius 1 is 0.973 bits per heavy atom. The molecule has 5 N–H and O–H groups in total. The van der Waals surface area contributed by atoms with Gasteiger partial charge in [0.15, 0.2) is 5.96 Å². The molecule has 0 saturated heterocycles. The molecule has 0 fully saturated rings. The molecule has 1 aliphatic rings. The van der Waals surface area contributed by atoms with Crippen molar-refractivity contribution in [2.45, 2.75) is 86.0 Å². The normalized spacial score (nSPS) is 14.5. The van der Waals surface area contributed by atoms with Gasteiger partial charge in [0, 0.05) is 51.1 Å². The van der Waals surface area contributed by atoms with Crippen LogP contribution < -0.4 is 16.8 Å². The van der Waals surface area contributed by atoms with Crippen molar-refractivity contribution in [3.05, 3.63) is 58.5 Å². The second-order valence-corrected chi connectivity index (χ2v) is 10.5. The van der Waals surface area contributed by atoms with Crippen molar-refractivity contribution in [2.24, 2.45) is 16.5 Å². The number of guanidine groups is 1. The zero-order valence-corrected chi connectivity index (χ0v) is 24.3. The lowest BCUT2D eigenvalue weighted by molar-refractivity contribution is -0.116. The summed E-state index contributed by atoms with van der Waals surface area (Å²) in [5, 5.41) is 3.03. The van der Waals surface area contributed by atoms with Crippen LogP contribution in [-0.4, -0.2) is 55.0 Å². The van der Waals surface area contributed by atoms with Gasteiger partial charge >= 0.3 is 0 Å². The summed E-state index contributed by atoms with van der Waals surface area (Å²) in [6.45, 7) is 13.8. The molecule has 0 atom stereocenters. The van der Waals surface area contributed by atoms with E-state index in [4.69, 9.17) is 11.5 Å². The molecular formula is C30H52N6O. The Hall–Kier alpha value is -2.96. The van der Waals surface area contributed by atoms with Crippen LogP contribution >= 0.6 is 0 Å². The van der Waals surface area contributed by atoms with Gasteiger partial charge in [0.05, 0.1) is 6.67 Å². The molecule has 0 saturated carbocycles. The zero-order chi connectivity index (χ0) is 27.6. The van der Waals surface area contributed by atoms with Gasteiger partial charge in [-0.1, -0.05) is 40.5 Å². The number of nitrogens with one attached hydrogen (secondary N) is 1. The maximum absolute atomic E-state index is 12.3. The van der Waals surface area contributed by atoms with Crippen LogP contribution in [0.1, 0.15) is 86.0 Å². The highest BCUT2D eigenvalue weighted by molar-refractivity contribution is 5.88. The Kier molecular flexibility index (Phi) is 15.9. The molecule has 1 amide bonds. The predicted octanol–water partition coefficient (Wildman–Crippen LogP) is 5.35. The van der Waals surface area contributed by atoms with E-state index in [0.717, 1.165) is 70.2 Å². The molecule has 0 bridgehead atoms. The standard InChI is InChI=1S/C30H52N6O/c1-24(2)11-7-12-25(3)13-8-14-26(4)15-9-16-27(5)21-29(37)33-19-17-28-22-36(23-35(28)6)20-10-18-34-30(31)32/h11,13,15,21-22H,7-10,12,14,16-20,23H2,1-6H3,(H,33,37)(H4,31,32,34). The van der Waals surface area contributed by atoms with Gasteiger partial charge in [0.25, 0.3) is 0 Å². The van der Waals surface area contributed by atoms with E-state index >= 15 is 0 Å². The molecule has 1 rings (SSSR count). The smallest absolute Gasteiger partial charge is 0.243 e. The number of nitrogens with two attached hydrogens (primary N) is 2. The molecule has 1 heterocycles. The average molecular weight is 513 g/mol. The Balaban J connectivity index is 2.28. The van der Waals surface area contributed by atoms with Gasteiger partial charge < -0.3 is 26.6 Å². The molecule has 0 radical (unpaired) electrons. The van der Waals surface area contributed by atoms with Gasteiger partial charge in [0.2, 0.25) is 5.91 Å². The summed E-state index contributed by atoms with van der Waals surface area (Å²) in [5.74, 6) is 0.128. The summed E-state index contributed by atoms with van der Waals surface area (Å²) < 4.78 is 0. The van der Waals surface area contributed by atoms with E-state index in [0.29, 0.717) is 13.1 Å². The van der Waals surface area contributed by atoms with Crippen LogP contribution in [0.15, 0.2) is 63.5 Å². The van der Waals surface area contributed by atoms with Gasteiger partial charge in [-0.05, 0) is 79.6 Å². The first-order chi connectivity index (χ1) is 17.6. The Labute approximate surface area is 226 Å². The highest BCUT2D eigenvalue weighted by atomic mass is 16.1. The van der Waals surface area contributed by atoms with Gasteiger partial charge in [-0.15, -0.1) is 0 Å². The van der Waals surface area contributed by atoms with Crippen molar-refractivity contribution < 1.29 is 4.79 Å². The van der Waals surface area contributed by atoms with Crippen LogP contribution in [-0.2, 0) is 4.79 Å². The number of hydrogen-bond acceptors (Lipinski definition) is 4. The minimum absolute atomic E-state index is 0.0118. The average Bonchev–Trinajstić information content (AvgIpc) is 3.15. The fraction of sp³-hybridized carbons (Fsp3) is 0.600. The fourth-order valence-electron chi connectivity index (χ4n) is 4.13. The van der Waals surface area contributed by atoms with E-state index in [2.05, 4.69) is 79.3 Å². The van der Waals surface area contributed by atoms with Crippen molar-refractivity contribution >= 4 is 11.9 Å². The lowest BCUT2D eigenvalue weighted by Crippen LogP contribution is -2.27. The van der Waals surface area contributed by atoms with Crippen LogP contribution in [0.3, 0.4) is 0 Å². The van der Waals surface area contributed by atoms with Crippen LogP contribution in [0.5, 0.6) is 0 Å². The fourth-order valence-corrected chi connectivity index (χ4v) is 4.13. The highest BCUT2D eigenvalue weighted by Crippen LogP contribution is 2.17. The minimum atomic E-state index is -0.0118. The molecular weight excluding hydrogens is 460 g/mol. The number of nitrogens with zero attached hydrogens (tertiary/aromatic N) is 3. The summed E-state index contributed by atoms with van der Waals surface area (Å²) >= 11 is 0. The monoisotopic (exact) mass is 512 g/mol. The van der Waals surface area contributed by atoms with Gasteiger partial charge in [-0.3, -0.25) is 9.79 Å². The summed E-state index contributed by atoms with van der Waals surface area (Å²) in [7, 11) is 2.08. The largest absolute Gasteiger partial charge is 0.370 e. The maximum atomic E-state index is 12.3. The molecule has 0 aromatic heterocycles. The maximum Gasteiger partial charge on any atom is 0.243 e. The van der Waals surface area contributed by atoms with Crippen LogP contribution in [0.2, 0.25) is 0 Å². The van der Waals surface area contributed by atoms with Crippen LogP contribution in [0.25, 0.3) is 0 Å². The molecule has 0 spiro atoms. The summed E-state index contributed by atoms with van der Waals surface area (Å²) in [5.41, 5.74) is 17.4. The van der Waals surface area contributed by atoms with E-state index in [1.165, 1.54) is 22.4 Å². The van der Waals surface area contributed by atoms with Gasteiger partial charge in [0.1, 0.15) is 0 Å². The highest BCUT2D eigenvalue weighted by Gasteiger charge is 2.16. The van der Waals surface area contributed by atoms with Crippen molar-refractivity contribution in [2.75, 3.05) is 33.4 Å². The second-order valence-electron chi connectivity index (χ2n) is 10.5.